The van der Waals surface area contributed by atoms with Crippen LogP contribution in [0, 0.1) is 0 Å². The van der Waals surface area contributed by atoms with Crippen molar-refractivity contribution in [3.05, 3.63) is 12.3 Å². The summed E-state index contributed by atoms with van der Waals surface area (Å²) in [5.41, 5.74) is 0. The summed E-state index contributed by atoms with van der Waals surface area (Å²) in [5, 5.41) is 0. The standard InChI is InChI=1S/C11H22O/c1-3-5-7-9-11-12-10-8-6-4-2/h9,11H,3-8,10H2,1-2H3/b11-9+. The Morgan fingerprint density at radius 1 is 1.00 bits per heavy atom. The molecule has 0 atom stereocenters. The molecule has 0 bridgehead atoms. The second-order valence-electron chi connectivity index (χ2n) is 3.09. The van der Waals surface area contributed by atoms with Crippen molar-refractivity contribution < 1.29 is 4.74 Å². The van der Waals surface area contributed by atoms with Crippen LogP contribution in [0.15, 0.2) is 12.3 Å². The van der Waals surface area contributed by atoms with Crippen LogP contribution in [-0.4, -0.2) is 6.61 Å². The Morgan fingerprint density at radius 2 is 1.75 bits per heavy atom. The molecule has 1 nitrogen and oxygen atoms in total. The average Bonchev–Trinajstić information content (AvgIpc) is 2.10. The lowest BCUT2D eigenvalue weighted by atomic mass is 10.2. The maximum Gasteiger partial charge on any atom is 0.0873 e. The fraction of sp³-hybridized carbons (Fsp3) is 0.818. The van der Waals surface area contributed by atoms with Crippen LogP contribution in [0.1, 0.15) is 52.4 Å². The highest BCUT2D eigenvalue weighted by atomic mass is 16.5. The first-order valence-corrected chi connectivity index (χ1v) is 5.18. The predicted molar refractivity (Wildman–Crippen MR) is 54.1 cm³/mol. The summed E-state index contributed by atoms with van der Waals surface area (Å²) in [7, 11) is 0. The van der Waals surface area contributed by atoms with Crippen molar-refractivity contribution in [2.45, 2.75) is 52.4 Å². The fourth-order valence-electron chi connectivity index (χ4n) is 0.961. The average molecular weight is 170 g/mol. The second-order valence-corrected chi connectivity index (χ2v) is 3.09. The molecule has 0 aromatic carbocycles. The number of hydrogen-bond acceptors (Lipinski definition) is 1. The molecule has 0 radical (unpaired) electrons. The van der Waals surface area contributed by atoms with Crippen LogP contribution < -0.4 is 0 Å². The van der Waals surface area contributed by atoms with Crippen molar-refractivity contribution in [1.82, 2.24) is 0 Å². The fourth-order valence-corrected chi connectivity index (χ4v) is 0.961. The van der Waals surface area contributed by atoms with Crippen LogP contribution >= 0.6 is 0 Å². The Balaban J connectivity index is 2.92. The first-order valence-electron chi connectivity index (χ1n) is 5.18. The molecular formula is C11H22O. The summed E-state index contributed by atoms with van der Waals surface area (Å²) < 4.78 is 5.30. The lowest BCUT2D eigenvalue weighted by molar-refractivity contribution is 0.240. The molecule has 0 saturated carbocycles. The number of unbranched alkanes of at least 4 members (excludes halogenated alkanes) is 4. The van der Waals surface area contributed by atoms with E-state index in [1.54, 1.807) is 0 Å². The molecule has 0 spiro atoms. The van der Waals surface area contributed by atoms with E-state index >= 15 is 0 Å². The third kappa shape index (κ3) is 9.54. The summed E-state index contributed by atoms with van der Waals surface area (Å²) >= 11 is 0. The number of hydrogen-bond donors (Lipinski definition) is 0. The monoisotopic (exact) mass is 170 g/mol. The Labute approximate surface area is 76.8 Å². The Kier molecular flexibility index (Phi) is 10.1. The summed E-state index contributed by atoms with van der Waals surface area (Å²) in [6.45, 7) is 5.30. The molecule has 0 aromatic heterocycles. The number of allylic oxidation sites excluding steroid dienone is 1. The van der Waals surface area contributed by atoms with Gasteiger partial charge in [-0.2, -0.15) is 0 Å². The summed E-state index contributed by atoms with van der Waals surface area (Å²) in [5.74, 6) is 0. The Bertz CT molecular complexity index is 97.2. The van der Waals surface area contributed by atoms with Crippen LogP contribution in [0.3, 0.4) is 0 Å². The van der Waals surface area contributed by atoms with Crippen molar-refractivity contribution in [2.24, 2.45) is 0 Å². The SMILES string of the molecule is CCCC/C=C/OCCCCC. The molecular weight excluding hydrogens is 148 g/mol. The topological polar surface area (TPSA) is 9.23 Å². The van der Waals surface area contributed by atoms with Gasteiger partial charge in [-0.3, -0.25) is 0 Å². The molecule has 0 saturated heterocycles. The van der Waals surface area contributed by atoms with Gasteiger partial charge < -0.3 is 4.74 Å². The largest absolute Gasteiger partial charge is 0.502 e. The molecule has 72 valence electrons. The first-order chi connectivity index (χ1) is 5.91. The van der Waals surface area contributed by atoms with E-state index in [1.165, 1.54) is 32.1 Å². The highest BCUT2D eigenvalue weighted by molar-refractivity contribution is 4.72. The summed E-state index contributed by atoms with van der Waals surface area (Å²) in [6.07, 6.45) is 11.4. The maximum atomic E-state index is 5.30. The van der Waals surface area contributed by atoms with Gasteiger partial charge in [0.1, 0.15) is 0 Å². The van der Waals surface area contributed by atoms with Gasteiger partial charge in [0.25, 0.3) is 0 Å². The molecule has 0 fully saturated rings. The third-order valence-electron chi connectivity index (χ3n) is 1.78. The van der Waals surface area contributed by atoms with Gasteiger partial charge in [0.05, 0.1) is 12.9 Å². The number of ether oxygens (including phenoxy) is 1. The van der Waals surface area contributed by atoms with Crippen molar-refractivity contribution >= 4 is 0 Å². The minimum Gasteiger partial charge on any atom is -0.502 e. The zero-order valence-corrected chi connectivity index (χ0v) is 8.51. The molecule has 0 aliphatic carbocycles. The molecule has 1 heteroatoms. The molecule has 0 unspecified atom stereocenters. The first kappa shape index (κ1) is 11.5. The van der Waals surface area contributed by atoms with E-state index in [4.69, 9.17) is 4.74 Å². The van der Waals surface area contributed by atoms with Gasteiger partial charge in [0, 0.05) is 0 Å². The smallest absolute Gasteiger partial charge is 0.0873 e. The van der Waals surface area contributed by atoms with E-state index < -0.39 is 0 Å². The maximum absolute atomic E-state index is 5.30. The van der Waals surface area contributed by atoms with E-state index in [2.05, 4.69) is 19.9 Å². The minimum absolute atomic E-state index is 0.885. The predicted octanol–water partition coefficient (Wildman–Crippen LogP) is 3.90. The van der Waals surface area contributed by atoms with E-state index in [1.807, 2.05) is 6.26 Å². The number of rotatable bonds is 8. The van der Waals surface area contributed by atoms with Crippen LogP contribution in [-0.2, 0) is 4.74 Å². The van der Waals surface area contributed by atoms with Gasteiger partial charge in [0.2, 0.25) is 0 Å². The lowest BCUT2D eigenvalue weighted by Crippen LogP contribution is -1.86. The summed E-state index contributed by atoms with van der Waals surface area (Å²) in [4.78, 5) is 0. The molecule has 0 aliphatic rings. The van der Waals surface area contributed by atoms with Gasteiger partial charge in [-0.15, -0.1) is 0 Å². The Hall–Kier alpha value is -0.460. The van der Waals surface area contributed by atoms with Gasteiger partial charge in [-0.05, 0) is 25.3 Å². The molecule has 0 amide bonds. The zero-order valence-electron chi connectivity index (χ0n) is 8.51. The van der Waals surface area contributed by atoms with Crippen LogP contribution in [0.4, 0.5) is 0 Å². The molecule has 0 heterocycles. The Morgan fingerprint density at radius 3 is 2.42 bits per heavy atom. The molecule has 0 aromatic rings. The van der Waals surface area contributed by atoms with Crippen molar-refractivity contribution in [2.75, 3.05) is 6.61 Å². The van der Waals surface area contributed by atoms with E-state index in [0.717, 1.165) is 13.0 Å². The highest BCUT2D eigenvalue weighted by Gasteiger charge is 1.83. The van der Waals surface area contributed by atoms with Gasteiger partial charge in [0.15, 0.2) is 0 Å². The second kappa shape index (κ2) is 10.5. The summed E-state index contributed by atoms with van der Waals surface area (Å²) in [6, 6.07) is 0. The van der Waals surface area contributed by atoms with Gasteiger partial charge in [-0.1, -0.05) is 33.1 Å². The quantitative estimate of drug-likeness (QED) is 0.396. The van der Waals surface area contributed by atoms with Gasteiger partial charge >= 0.3 is 0 Å². The third-order valence-corrected chi connectivity index (χ3v) is 1.78. The van der Waals surface area contributed by atoms with Crippen molar-refractivity contribution in [3.63, 3.8) is 0 Å². The van der Waals surface area contributed by atoms with Crippen molar-refractivity contribution in [3.8, 4) is 0 Å². The van der Waals surface area contributed by atoms with E-state index in [0.29, 0.717) is 0 Å². The van der Waals surface area contributed by atoms with Gasteiger partial charge in [-0.25, -0.2) is 0 Å². The van der Waals surface area contributed by atoms with Crippen LogP contribution in [0.2, 0.25) is 0 Å². The van der Waals surface area contributed by atoms with E-state index in [-0.39, 0.29) is 0 Å². The normalized spacial score (nSPS) is 10.8. The zero-order chi connectivity index (χ0) is 9.07. The van der Waals surface area contributed by atoms with Crippen LogP contribution in [0.5, 0.6) is 0 Å². The van der Waals surface area contributed by atoms with Crippen molar-refractivity contribution in [1.29, 1.82) is 0 Å². The lowest BCUT2D eigenvalue weighted by Gasteiger charge is -1.98. The minimum atomic E-state index is 0.885. The highest BCUT2D eigenvalue weighted by Crippen LogP contribution is 1.97. The molecule has 0 aliphatic heterocycles. The van der Waals surface area contributed by atoms with E-state index in [9.17, 15) is 0 Å². The molecule has 12 heavy (non-hydrogen) atoms. The molecule has 0 rings (SSSR count). The molecule has 0 N–H and O–H groups in total. The van der Waals surface area contributed by atoms with Crippen LogP contribution in [0.25, 0.3) is 0 Å².